The Morgan fingerprint density at radius 2 is 1.76 bits per heavy atom. The smallest absolute Gasteiger partial charge is 0.267 e. The van der Waals surface area contributed by atoms with Crippen LogP contribution in [-0.2, 0) is 0 Å². The molecule has 0 atom stereocenters. The molecule has 0 heterocycles. The molecule has 0 aliphatic heterocycles. The van der Waals surface area contributed by atoms with Gasteiger partial charge in [-0.25, -0.2) is 4.99 Å². The van der Waals surface area contributed by atoms with E-state index in [9.17, 15) is 4.79 Å². The third kappa shape index (κ3) is 2.31. The minimum Gasteiger partial charge on any atom is -0.267 e. The lowest BCUT2D eigenvalue weighted by Gasteiger charge is -2.06. The molecule has 2 aromatic carbocycles. The molecule has 0 N–H and O–H groups in total. The van der Waals surface area contributed by atoms with Gasteiger partial charge in [0.05, 0.1) is 0 Å². The van der Waals surface area contributed by atoms with Gasteiger partial charge in [0.1, 0.15) is 0 Å². The van der Waals surface area contributed by atoms with Gasteiger partial charge in [-0.3, -0.25) is 4.79 Å². The number of benzene rings is 2. The van der Waals surface area contributed by atoms with Gasteiger partial charge < -0.3 is 0 Å². The summed E-state index contributed by atoms with van der Waals surface area (Å²) in [6.07, 6.45) is 0. The Labute approximate surface area is 101 Å². The van der Waals surface area contributed by atoms with E-state index in [1.807, 2.05) is 55.5 Å². The summed E-state index contributed by atoms with van der Waals surface area (Å²) in [6, 6.07) is 15.7. The van der Waals surface area contributed by atoms with Gasteiger partial charge in [-0.1, -0.05) is 42.5 Å². The Balaban J connectivity index is 2.52. The van der Waals surface area contributed by atoms with E-state index < -0.39 is 0 Å². The Morgan fingerprint density at radius 1 is 1.06 bits per heavy atom. The lowest BCUT2D eigenvalue weighted by atomic mass is 9.99. The van der Waals surface area contributed by atoms with Crippen molar-refractivity contribution < 1.29 is 4.79 Å². The van der Waals surface area contributed by atoms with Crippen LogP contribution in [-0.4, -0.2) is 12.6 Å². The summed E-state index contributed by atoms with van der Waals surface area (Å²) in [6.45, 7) is 5.18. The van der Waals surface area contributed by atoms with Crippen LogP contribution in [0.15, 0.2) is 53.5 Å². The van der Waals surface area contributed by atoms with Crippen LogP contribution in [0.2, 0.25) is 0 Å². The minimum absolute atomic E-state index is 0.278. The lowest BCUT2D eigenvalue weighted by molar-refractivity contribution is 0.100. The number of rotatable bonds is 2. The average molecular weight is 223 g/mol. The number of aryl methyl sites for hydroxylation is 1. The Kier molecular flexibility index (Phi) is 3.15. The van der Waals surface area contributed by atoms with Crippen molar-refractivity contribution in [2.24, 2.45) is 4.99 Å². The number of carbonyl (C=O) groups excluding carboxylic acids is 1. The van der Waals surface area contributed by atoms with Gasteiger partial charge in [0.2, 0.25) is 0 Å². The second-order valence-electron chi connectivity index (χ2n) is 3.86. The number of carbonyl (C=O) groups is 1. The molecule has 0 saturated heterocycles. The fourth-order valence-corrected chi connectivity index (χ4v) is 1.75. The number of amides is 1. The highest BCUT2D eigenvalue weighted by Gasteiger charge is 2.08. The topological polar surface area (TPSA) is 29.4 Å². The second-order valence-corrected chi connectivity index (χ2v) is 3.86. The first-order valence-electron chi connectivity index (χ1n) is 5.39. The molecular weight excluding hydrogens is 210 g/mol. The molecule has 0 fully saturated rings. The van der Waals surface area contributed by atoms with Crippen LogP contribution in [0, 0.1) is 6.92 Å². The molecule has 0 radical (unpaired) electrons. The van der Waals surface area contributed by atoms with Gasteiger partial charge in [-0.2, -0.15) is 0 Å². The number of nitrogens with zero attached hydrogens (tertiary/aromatic N) is 1. The summed E-state index contributed by atoms with van der Waals surface area (Å²) >= 11 is 0. The highest BCUT2D eigenvalue weighted by atomic mass is 16.1. The largest absolute Gasteiger partial charge is 0.276 e. The third-order valence-corrected chi connectivity index (χ3v) is 2.72. The first-order chi connectivity index (χ1) is 8.22. The van der Waals surface area contributed by atoms with Crippen LogP contribution in [0.25, 0.3) is 11.1 Å². The molecule has 2 rings (SSSR count). The summed E-state index contributed by atoms with van der Waals surface area (Å²) in [7, 11) is 0. The van der Waals surface area contributed by atoms with Crippen LogP contribution in [0.1, 0.15) is 15.9 Å². The van der Waals surface area contributed by atoms with Crippen molar-refractivity contribution in [3.63, 3.8) is 0 Å². The molecule has 0 aliphatic rings. The Bertz CT molecular complexity index is 558. The predicted octanol–water partition coefficient (Wildman–Crippen LogP) is 3.50. The molecule has 0 aliphatic carbocycles. The SMILES string of the molecule is C=NC(=O)c1cc(-c2ccccc2)ccc1C. The molecule has 2 nitrogen and oxygen atoms in total. The highest BCUT2D eigenvalue weighted by Crippen LogP contribution is 2.22. The molecular formula is C15H13NO. The fraction of sp³-hybridized carbons (Fsp3) is 0.0667. The quantitative estimate of drug-likeness (QED) is 0.716. The van der Waals surface area contributed by atoms with E-state index in [2.05, 4.69) is 11.7 Å². The van der Waals surface area contributed by atoms with Crippen molar-refractivity contribution in [1.82, 2.24) is 0 Å². The van der Waals surface area contributed by atoms with Crippen LogP contribution < -0.4 is 0 Å². The number of hydrogen-bond acceptors (Lipinski definition) is 1. The molecule has 0 aromatic heterocycles. The van der Waals surface area contributed by atoms with E-state index in [0.29, 0.717) is 5.56 Å². The van der Waals surface area contributed by atoms with E-state index >= 15 is 0 Å². The maximum atomic E-state index is 11.6. The first-order valence-corrected chi connectivity index (χ1v) is 5.39. The second kappa shape index (κ2) is 4.74. The van der Waals surface area contributed by atoms with Crippen molar-refractivity contribution in [1.29, 1.82) is 0 Å². The van der Waals surface area contributed by atoms with Crippen molar-refractivity contribution in [2.75, 3.05) is 0 Å². The number of aliphatic imine (C=N–C) groups is 1. The molecule has 84 valence electrons. The van der Waals surface area contributed by atoms with Crippen LogP contribution in [0.4, 0.5) is 0 Å². The maximum absolute atomic E-state index is 11.6. The molecule has 0 saturated carbocycles. The fourth-order valence-electron chi connectivity index (χ4n) is 1.75. The van der Waals surface area contributed by atoms with Gasteiger partial charge in [0.15, 0.2) is 0 Å². The van der Waals surface area contributed by atoms with E-state index in [1.54, 1.807) is 0 Å². The highest BCUT2D eigenvalue weighted by molar-refractivity contribution is 5.99. The zero-order valence-electron chi connectivity index (χ0n) is 9.68. The lowest BCUT2D eigenvalue weighted by Crippen LogP contribution is -1.97. The van der Waals surface area contributed by atoms with E-state index in [0.717, 1.165) is 16.7 Å². The van der Waals surface area contributed by atoms with Gasteiger partial charge >= 0.3 is 0 Å². The normalized spacial score (nSPS) is 9.94. The zero-order chi connectivity index (χ0) is 12.3. The van der Waals surface area contributed by atoms with E-state index in [-0.39, 0.29) is 5.91 Å². The standard InChI is InChI=1S/C15H13NO/c1-11-8-9-13(10-14(11)15(17)16-2)12-6-4-3-5-7-12/h3-10H,2H2,1H3. The van der Waals surface area contributed by atoms with Crippen molar-refractivity contribution >= 4 is 12.6 Å². The van der Waals surface area contributed by atoms with Crippen LogP contribution >= 0.6 is 0 Å². The summed E-state index contributed by atoms with van der Waals surface area (Å²) in [5.74, 6) is -0.278. The summed E-state index contributed by atoms with van der Waals surface area (Å²) in [5.41, 5.74) is 3.64. The monoisotopic (exact) mass is 223 g/mol. The molecule has 0 bridgehead atoms. The van der Waals surface area contributed by atoms with Gasteiger partial charge in [-0.15, -0.1) is 0 Å². The predicted molar refractivity (Wildman–Crippen MR) is 70.5 cm³/mol. The maximum Gasteiger partial charge on any atom is 0.276 e. The average Bonchev–Trinajstić information content (AvgIpc) is 2.39. The molecule has 0 spiro atoms. The van der Waals surface area contributed by atoms with Gasteiger partial charge in [-0.05, 0) is 36.4 Å². The van der Waals surface area contributed by atoms with Crippen molar-refractivity contribution in [3.8, 4) is 11.1 Å². The van der Waals surface area contributed by atoms with Crippen molar-refractivity contribution in [2.45, 2.75) is 6.92 Å². The zero-order valence-corrected chi connectivity index (χ0v) is 9.68. The molecule has 2 heteroatoms. The summed E-state index contributed by atoms with van der Waals surface area (Å²) < 4.78 is 0. The third-order valence-electron chi connectivity index (χ3n) is 2.72. The minimum atomic E-state index is -0.278. The molecule has 0 unspecified atom stereocenters. The van der Waals surface area contributed by atoms with Crippen LogP contribution in [0.3, 0.4) is 0 Å². The van der Waals surface area contributed by atoms with Gasteiger partial charge in [0.25, 0.3) is 5.91 Å². The summed E-state index contributed by atoms with van der Waals surface area (Å²) in [5, 5.41) is 0. The van der Waals surface area contributed by atoms with E-state index in [4.69, 9.17) is 0 Å². The van der Waals surface area contributed by atoms with Crippen LogP contribution in [0.5, 0.6) is 0 Å². The van der Waals surface area contributed by atoms with Crippen molar-refractivity contribution in [3.05, 3.63) is 59.7 Å². The number of hydrogen-bond donors (Lipinski definition) is 0. The molecule has 17 heavy (non-hydrogen) atoms. The van der Waals surface area contributed by atoms with E-state index in [1.165, 1.54) is 0 Å². The Morgan fingerprint density at radius 3 is 2.41 bits per heavy atom. The van der Waals surface area contributed by atoms with Gasteiger partial charge in [0, 0.05) is 5.56 Å². The summed E-state index contributed by atoms with van der Waals surface area (Å²) in [4.78, 5) is 15.1. The molecule has 1 amide bonds. The Hall–Kier alpha value is -2.22. The molecule has 2 aromatic rings. The first kappa shape index (κ1) is 11.3.